The number of rotatable bonds is 9. The molecular weight excluding hydrogens is 463 g/mol. The molecule has 0 saturated carbocycles. The highest BCUT2D eigenvalue weighted by Crippen LogP contribution is 2.29. The highest BCUT2D eigenvalue weighted by molar-refractivity contribution is 7.98. The molecular formula is C27H27FN4O2S. The van der Waals surface area contributed by atoms with Crippen LogP contribution in [0.2, 0.25) is 0 Å². The highest BCUT2D eigenvalue weighted by atomic mass is 32.2. The number of amides is 1. The van der Waals surface area contributed by atoms with E-state index < -0.39 is 0 Å². The molecule has 0 aliphatic heterocycles. The quantitative estimate of drug-likeness (QED) is 0.302. The first-order valence-electron chi connectivity index (χ1n) is 11.3. The molecule has 0 bridgehead atoms. The Morgan fingerprint density at radius 3 is 2.43 bits per heavy atom. The lowest BCUT2D eigenvalue weighted by atomic mass is 10.1. The molecule has 180 valence electrons. The summed E-state index contributed by atoms with van der Waals surface area (Å²) < 4.78 is 20.5. The standard InChI is InChI=1S/C27H27FN4O2S/c1-18(2)25-30-31-27(32(25)22-12-14-23(34-3)15-13-22)35-17-20-6-4-5-7-24(20)26(33)29-16-19-8-10-21(28)11-9-19/h4-15,18H,16-17H2,1-3H3,(H,29,33). The van der Waals surface area contributed by atoms with Crippen molar-refractivity contribution in [3.8, 4) is 11.4 Å². The number of ether oxygens (including phenoxy) is 1. The number of halogens is 1. The van der Waals surface area contributed by atoms with Crippen LogP contribution >= 0.6 is 11.8 Å². The first-order chi connectivity index (χ1) is 17.0. The zero-order chi connectivity index (χ0) is 24.8. The predicted molar refractivity (Wildman–Crippen MR) is 136 cm³/mol. The molecule has 0 unspecified atom stereocenters. The SMILES string of the molecule is COc1ccc(-n2c(SCc3ccccc3C(=O)NCc3ccc(F)cc3)nnc2C(C)C)cc1. The summed E-state index contributed by atoms with van der Waals surface area (Å²) in [7, 11) is 1.64. The van der Waals surface area contributed by atoms with Gasteiger partial charge in [-0.1, -0.05) is 55.9 Å². The van der Waals surface area contributed by atoms with E-state index in [-0.39, 0.29) is 17.6 Å². The number of nitrogens with one attached hydrogen (secondary N) is 1. The molecule has 0 aliphatic carbocycles. The Bertz CT molecular complexity index is 1290. The molecule has 0 atom stereocenters. The molecule has 0 fully saturated rings. The van der Waals surface area contributed by atoms with Gasteiger partial charge in [0.15, 0.2) is 5.16 Å². The lowest BCUT2D eigenvalue weighted by molar-refractivity contribution is 0.0950. The summed E-state index contributed by atoms with van der Waals surface area (Å²) in [6, 6.07) is 21.4. The van der Waals surface area contributed by atoms with E-state index in [1.54, 1.807) is 19.2 Å². The van der Waals surface area contributed by atoms with E-state index in [1.807, 2.05) is 53.1 Å². The Labute approximate surface area is 208 Å². The molecule has 0 spiro atoms. The van der Waals surface area contributed by atoms with Crippen LogP contribution in [0.25, 0.3) is 5.69 Å². The minimum atomic E-state index is -0.300. The molecule has 1 heterocycles. The third kappa shape index (κ3) is 5.89. The second-order valence-electron chi connectivity index (χ2n) is 8.28. The summed E-state index contributed by atoms with van der Waals surface area (Å²) in [6.45, 7) is 4.49. The van der Waals surface area contributed by atoms with Gasteiger partial charge in [-0.15, -0.1) is 10.2 Å². The molecule has 1 aromatic heterocycles. The molecule has 4 rings (SSSR count). The summed E-state index contributed by atoms with van der Waals surface area (Å²) in [5.74, 6) is 1.90. The Hall–Kier alpha value is -3.65. The number of nitrogens with zero attached hydrogens (tertiary/aromatic N) is 3. The normalized spacial score (nSPS) is 11.0. The van der Waals surface area contributed by atoms with Gasteiger partial charge in [-0.3, -0.25) is 9.36 Å². The van der Waals surface area contributed by atoms with Gasteiger partial charge in [0.25, 0.3) is 5.91 Å². The van der Waals surface area contributed by atoms with Gasteiger partial charge < -0.3 is 10.1 Å². The van der Waals surface area contributed by atoms with Gasteiger partial charge in [-0.05, 0) is 53.6 Å². The van der Waals surface area contributed by atoms with Crippen molar-refractivity contribution >= 4 is 17.7 Å². The van der Waals surface area contributed by atoms with Gasteiger partial charge in [0.1, 0.15) is 17.4 Å². The molecule has 1 amide bonds. The fourth-order valence-corrected chi connectivity index (χ4v) is 4.58. The van der Waals surface area contributed by atoms with Crippen LogP contribution in [-0.4, -0.2) is 27.8 Å². The predicted octanol–water partition coefficient (Wildman–Crippen LogP) is 5.76. The smallest absolute Gasteiger partial charge is 0.251 e. The summed E-state index contributed by atoms with van der Waals surface area (Å²) in [5, 5.41) is 12.5. The maximum Gasteiger partial charge on any atom is 0.251 e. The minimum absolute atomic E-state index is 0.176. The molecule has 0 radical (unpaired) electrons. The number of benzene rings is 3. The molecule has 4 aromatic rings. The van der Waals surface area contributed by atoms with Crippen molar-refractivity contribution in [1.82, 2.24) is 20.1 Å². The topological polar surface area (TPSA) is 69.0 Å². The first-order valence-corrected chi connectivity index (χ1v) is 12.3. The zero-order valence-corrected chi connectivity index (χ0v) is 20.7. The van der Waals surface area contributed by atoms with Gasteiger partial charge in [-0.25, -0.2) is 4.39 Å². The lowest BCUT2D eigenvalue weighted by Crippen LogP contribution is -2.23. The second kappa shape index (κ2) is 11.2. The largest absolute Gasteiger partial charge is 0.497 e. The van der Waals surface area contributed by atoms with E-state index in [4.69, 9.17) is 4.74 Å². The van der Waals surface area contributed by atoms with E-state index in [2.05, 4.69) is 29.4 Å². The first kappa shape index (κ1) is 24.5. The number of methoxy groups -OCH3 is 1. The van der Waals surface area contributed by atoms with Crippen molar-refractivity contribution < 1.29 is 13.9 Å². The molecule has 35 heavy (non-hydrogen) atoms. The van der Waals surface area contributed by atoms with E-state index in [0.29, 0.717) is 17.9 Å². The highest BCUT2D eigenvalue weighted by Gasteiger charge is 2.18. The van der Waals surface area contributed by atoms with E-state index in [9.17, 15) is 9.18 Å². The van der Waals surface area contributed by atoms with Crippen molar-refractivity contribution in [2.45, 2.75) is 37.2 Å². The molecule has 3 aromatic carbocycles. The van der Waals surface area contributed by atoms with Crippen LogP contribution in [0.15, 0.2) is 78.0 Å². The Kier molecular flexibility index (Phi) is 7.82. The van der Waals surface area contributed by atoms with E-state index in [0.717, 1.165) is 33.5 Å². The molecule has 0 aliphatic rings. The van der Waals surface area contributed by atoms with Crippen LogP contribution < -0.4 is 10.1 Å². The van der Waals surface area contributed by atoms with Crippen molar-refractivity contribution in [3.63, 3.8) is 0 Å². The fourth-order valence-electron chi connectivity index (χ4n) is 3.61. The Morgan fingerprint density at radius 1 is 1.03 bits per heavy atom. The van der Waals surface area contributed by atoms with Crippen molar-refractivity contribution in [1.29, 1.82) is 0 Å². The van der Waals surface area contributed by atoms with E-state index >= 15 is 0 Å². The zero-order valence-electron chi connectivity index (χ0n) is 19.9. The summed E-state index contributed by atoms with van der Waals surface area (Å²) in [5.41, 5.74) is 3.28. The minimum Gasteiger partial charge on any atom is -0.497 e. The van der Waals surface area contributed by atoms with Crippen LogP contribution in [0.5, 0.6) is 5.75 Å². The van der Waals surface area contributed by atoms with Crippen molar-refractivity contribution in [3.05, 3.63) is 101 Å². The average molecular weight is 491 g/mol. The van der Waals surface area contributed by atoms with Gasteiger partial charge in [0.05, 0.1) is 7.11 Å². The molecule has 0 saturated heterocycles. The molecule has 6 nitrogen and oxygen atoms in total. The third-order valence-electron chi connectivity index (χ3n) is 5.49. The summed E-state index contributed by atoms with van der Waals surface area (Å²) >= 11 is 1.53. The van der Waals surface area contributed by atoms with Crippen molar-refractivity contribution in [2.75, 3.05) is 7.11 Å². The maximum absolute atomic E-state index is 13.1. The maximum atomic E-state index is 13.1. The van der Waals surface area contributed by atoms with Gasteiger partial charge in [-0.2, -0.15) is 0 Å². The van der Waals surface area contributed by atoms with E-state index in [1.165, 1.54) is 23.9 Å². The summed E-state index contributed by atoms with van der Waals surface area (Å²) in [6.07, 6.45) is 0. The van der Waals surface area contributed by atoms with Crippen LogP contribution in [0.3, 0.4) is 0 Å². The monoisotopic (exact) mass is 490 g/mol. The van der Waals surface area contributed by atoms with Crippen LogP contribution in [0.4, 0.5) is 4.39 Å². The van der Waals surface area contributed by atoms with Crippen LogP contribution in [-0.2, 0) is 12.3 Å². The lowest BCUT2D eigenvalue weighted by Gasteiger charge is -2.13. The number of carbonyl (C=O) groups excluding carboxylic acids is 1. The van der Waals surface area contributed by atoms with Gasteiger partial charge >= 0.3 is 0 Å². The van der Waals surface area contributed by atoms with Gasteiger partial charge in [0, 0.05) is 29.5 Å². The molecule has 8 heteroatoms. The number of thioether (sulfide) groups is 1. The van der Waals surface area contributed by atoms with Gasteiger partial charge in [0.2, 0.25) is 0 Å². The number of hydrogen-bond donors (Lipinski definition) is 1. The van der Waals surface area contributed by atoms with Crippen LogP contribution in [0.1, 0.15) is 47.1 Å². The number of carbonyl (C=O) groups is 1. The third-order valence-corrected chi connectivity index (χ3v) is 6.47. The van der Waals surface area contributed by atoms with Crippen molar-refractivity contribution in [2.24, 2.45) is 0 Å². The molecule has 1 N–H and O–H groups in total. The Morgan fingerprint density at radius 2 is 1.74 bits per heavy atom. The number of aromatic nitrogens is 3. The number of hydrogen-bond acceptors (Lipinski definition) is 5. The Balaban J connectivity index is 1.52. The summed E-state index contributed by atoms with van der Waals surface area (Å²) in [4.78, 5) is 12.9. The average Bonchev–Trinajstić information content (AvgIpc) is 3.31. The second-order valence-corrected chi connectivity index (χ2v) is 9.23. The van der Waals surface area contributed by atoms with Crippen LogP contribution in [0, 0.1) is 5.82 Å². The fraction of sp³-hybridized carbons (Fsp3) is 0.222.